The van der Waals surface area contributed by atoms with Gasteiger partial charge in [0.2, 0.25) is 0 Å². The van der Waals surface area contributed by atoms with Crippen LogP contribution in [0.1, 0.15) is 53.4 Å². The summed E-state index contributed by atoms with van der Waals surface area (Å²) < 4.78 is 59.0. The van der Waals surface area contributed by atoms with Crippen molar-refractivity contribution in [2.75, 3.05) is 0 Å². The summed E-state index contributed by atoms with van der Waals surface area (Å²) in [6.45, 7) is 5.63. The maximum absolute atomic E-state index is 14.6. The zero-order valence-corrected chi connectivity index (χ0v) is 12.7. The Kier molecular flexibility index (Phi) is 6.36. The average Bonchev–Trinajstić information content (AvgIpc) is 2.29. The fourth-order valence-electron chi connectivity index (χ4n) is 2.65. The molecule has 0 aromatic carbocycles. The van der Waals surface area contributed by atoms with Crippen molar-refractivity contribution in [2.24, 2.45) is 5.92 Å². The van der Waals surface area contributed by atoms with Crippen molar-refractivity contribution in [1.29, 1.82) is 0 Å². The lowest BCUT2D eigenvalue weighted by molar-refractivity contribution is -0.137. The van der Waals surface area contributed by atoms with Gasteiger partial charge in [-0.25, -0.2) is 8.78 Å². The molecule has 2 atom stereocenters. The van der Waals surface area contributed by atoms with Crippen LogP contribution in [0.5, 0.6) is 0 Å². The number of alkyl halides is 2. The van der Waals surface area contributed by atoms with Gasteiger partial charge >= 0.3 is 0 Å². The molecule has 0 aliphatic rings. The highest BCUT2D eigenvalue weighted by atomic mass is 32.2. The van der Waals surface area contributed by atoms with Gasteiger partial charge in [-0.3, -0.25) is 4.55 Å². The Morgan fingerprint density at radius 1 is 1.05 bits per heavy atom. The molecule has 2 N–H and O–H groups in total. The molecule has 0 aromatic heterocycles. The second kappa shape index (κ2) is 6.45. The smallest absolute Gasteiger partial charge is 0.276 e. The van der Waals surface area contributed by atoms with Crippen LogP contribution in [0.4, 0.5) is 8.78 Å². The summed E-state index contributed by atoms with van der Waals surface area (Å²) in [5.41, 5.74) is 0. The minimum atomic E-state index is -4.94. The van der Waals surface area contributed by atoms with Crippen LogP contribution >= 0.6 is 0 Å². The molecule has 0 heterocycles. The monoisotopic (exact) mass is 302 g/mol. The van der Waals surface area contributed by atoms with Crippen LogP contribution in [0.25, 0.3) is 0 Å². The Balaban J connectivity index is 5.92. The molecule has 0 saturated carbocycles. The minimum absolute atomic E-state index is 0.0702. The summed E-state index contributed by atoms with van der Waals surface area (Å²) in [5.74, 6) is -5.20. The number of hydrogen-bond donors (Lipinski definition) is 2. The van der Waals surface area contributed by atoms with Gasteiger partial charge in [0.15, 0.2) is 4.75 Å². The molecule has 0 saturated heterocycles. The lowest BCUT2D eigenvalue weighted by Gasteiger charge is -2.42. The number of aliphatic hydroxyl groups excluding tert-OH is 1. The van der Waals surface area contributed by atoms with Crippen molar-refractivity contribution in [1.82, 2.24) is 0 Å². The maximum Gasteiger partial charge on any atom is 0.276 e. The fourth-order valence-corrected chi connectivity index (χ4v) is 3.88. The van der Waals surface area contributed by atoms with Gasteiger partial charge in [-0.15, -0.1) is 0 Å². The quantitative estimate of drug-likeness (QED) is 0.676. The molecule has 0 amide bonds. The molecular weight excluding hydrogens is 278 g/mol. The van der Waals surface area contributed by atoms with Crippen LogP contribution in [0.2, 0.25) is 0 Å². The van der Waals surface area contributed by atoms with E-state index in [2.05, 4.69) is 0 Å². The first-order valence-electron chi connectivity index (χ1n) is 6.58. The Morgan fingerprint density at radius 2 is 1.47 bits per heavy atom. The number of hydrogen-bond acceptors (Lipinski definition) is 3. The van der Waals surface area contributed by atoms with Crippen molar-refractivity contribution in [3.63, 3.8) is 0 Å². The second-order valence-corrected chi connectivity index (χ2v) is 6.52. The van der Waals surface area contributed by atoms with Crippen LogP contribution in [0.3, 0.4) is 0 Å². The molecule has 0 spiro atoms. The van der Waals surface area contributed by atoms with E-state index in [0.717, 1.165) is 0 Å². The summed E-state index contributed by atoms with van der Waals surface area (Å²) in [6, 6.07) is 0. The lowest BCUT2D eigenvalue weighted by atomic mass is 9.80. The number of rotatable bonds is 8. The summed E-state index contributed by atoms with van der Waals surface area (Å²) in [4.78, 5) is 0. The SMILES string of the molecule is CCC([C@H](O)CC)C(F)(F)C(CC)(CC)S(=O)(=O)O. The molecule has 1 unspecified atom stereocenters. The number of aliphatic hydroxyl groups is 1. The van der Waals surface area contributed by atoms with Gasteiger partial charge in [-0.05, 0) is 25.7 Å². The van der Waals surface area contributed by atoms with E-state index >= 15 is 0 Å². The van der Waals surface area contributed by atoms with Crippen LogP contribution in [0.15, 0.2) is 0 Å². The molecule has 7 heteroatoms. The fraction of sp³-hybridized carbons (Fsp3) is 1.00. The van der Waals surface area contributed by atoms with Gasteiger partial charge < -0.3 is 5.11 Å². The van der Waals surface area contributed by atoms with Crippen LogP contribution in [-0.2, 0) is 10.1 Å². The number of halogens is 2. The molecule has 0 radical (unpaired) electrons. The molecule has 0 aliphatic carbocycles. The topological polar surface area (TPSA) is 74.6 Å². The minimum Gasteiger partial charge on any atom is -0.393 e. The van der Waals surface area contributed by atoms with Crippen molar-refractivity contribution in [3.8, 4) is 0 Å². The first-order chi connectivity index (χ1) is 8.55. The van der Waals surface area contributed by atoms with Gasteiger partial charge in [0.25, 0.3) is 16.0 Å². The Bertz CT molecular complexity index is 377. The van der Waals surface area contributed by atoms with Crippen molar-refractivity contribution < 1.29 is 26.9 Å². The normalized spacial score (nSPS) is 17.3. The molecule has 4 nitrogen and oxygen atoms in total. The maximum atomic E-state index is 14.6. The van der Waals surface area contributed by atoms with E-state index in [1.165, 1.54) is 20.8 Å². The highest BCUT2D eigenvalue weighted by molar-refractivity contribution is 7.87. The molecular formula is C12H24F2O4S. The van der Waals surface area contributed by atoms with E-state index in [1.54, 1.807) is 6.92 Å². The van der Waals surface area contributed by atoms with Crippen molar-refractivity contribution in [3.05, 3.63) is 0 Å². The Labute approximate surface area is 114 Å². The van der Waals surface area contributed by atoms with Crippen LogP contribution in [0, 0.1) is 5.92 Å². The van der Waals surface area contributed by atoms with E-state index in [4.69, 9.17) is 0 Å². The van der Waals surface area contributed by atoms with Crippen LogP contribution in [-0.4, -0.2) is 34.9 Å². The molecule has 0 fully saturated rings. The summed E-state index contributed by atoms with van der Waals surface area (Å²) >= 11 is 0. The zero-order chi connectivity index (χ0) is 15.5. The Hall–Kier alpha value is -0.270. The summed E-state index contributed by atoms with van der Waals surface area (Å²) in [5, 5.41) is 9.72. The summed E-state index contributed by atoms with van der Waals surface area (Å²) in [7, 11) is -4.94. The molecule has 0 aromatic rings. The van der Waals surface area contributed by atoms with E-state index in [-0.39, 0.29) is 12.8 Å². The molecule has 0 rings (SSSR count). The third kappa shape index (κ3) is 3.08. The molecule has 0 bridgehead atoms. The summed E-state index contributed by atoms with van der Waals surface area (Å²) in [6.07, 6.45) is -2.10. The third-order valence-corrected chi connectivity index (χ3v) is 5.87. The Morgan fingerprint density at radius 3 is 1.68 bits per heavy atom. The van der Waals surface area contributed by atoms with Gasteiger partial charge in [0.1, 0.15) is 0 Å². The first-order valence-corrected chi connectivity index (χ1v) is 8.02. The van der Waals surface area contributed by atoms with Crippen molar-refractivity contribution in [2.45, 2.75) is 70.2 Å². The second-order valence-electron chi connectivity index (χ2n) is 4.79. The van der Waals surface area contributed by atoms with Gasteiger partial charge in [-0.1, -0.05) is 27.7 Å². The largest absolute Gasteiger partial charge is 0.393 e. The molecule has 19 heavy (non-hydrogen) atoms. The van der Waals surface area contributed by atoms with E-state index in [0.29, 0.717) is 0 Å². The van der Waals surface area contributed by atoms with Gasteiger partial charge in [-0.2, -0.15) is 8.42 Å². The average molecular weight is 302 g/mol. The van der Waals surface area contributed by atoms with E-state index in [9.17, 15) is 26.9 Å². The highest BCUT2D eigenvalue weighted by Crippen LogP contribution is 2.47. The predicted octanol–water partition coefficient (Wildman–Crippen LogP) is 2.87. The van der Waals surface area contributed by atoms with E-state index < -0.39 is 45.7 Å². The van der Waals surface area contributed by atoms with Gasteiger partial charge in [0, 0.05) is 0 Å². The van der Waals surface area contributed by atoms with Crippen molar-refractivity contribution >= 4 is 10.1 Å². The highest BCUT2D eigenvalue weighted by Gasteiger charge is 2.64. The van der Waals surface area contributed by atoms with Gasteiger partial charge in [0.05, 0.1) is 12.0 Å². The first kappa shape index (κ1) is 18.7. The standard InChI is InChI=1S/C12H24F2O4S/c1-5-9(10(15)6-2)12(13,14)11(7-3,8-4)19(16,17)18/h9-10,15H,5-8H2,1-4H3,(H,16,17,18)/t9?,10-/m1/s1. The molecule has 0 aliphatic heterocycles. The lowest BCUT2D eigenvalue weighted by Crippen LogP contribution is -2.59. The third-order valence-electron chi connectivity index (χ3n) is 4.03. The predicted molar refractivity (Wildman–Crippen MR) is 69.9 cm³/mol. The van der Waals surface area contributed by atoms with E-state index in [1.807, 2.05) is 0 Å². The zero-order valence-electron chi connectivity index (χ0n) is 11.9. The van der Waals surface area contributed by atoms with Crippen LogP contribution < -0.4 is 0 Å². The molecule has 116 valence electrons.